The summed E-state index contributed by atoms with van der Waals surface area (Å²) >= 11 is 5.94. The van der Waals surface area contributed by atoms with E-state index in [-0.39, 0.29) is 11.3 Å². The third kappa shape index (κ3) is 3.73. The van der Waals surface area contributed by atoms with Gasteiger partial charge in [-0.15, -0.1) is 0 Å². The standard InChI is InChI=1S/C23H18ClNO3/c24-19-6-5-17(21(13-19)23(27)28)10-15-4-7-22-18(11-15)8-9-25(22)14-16-2-1-3-20(26)12-16/h1-9,11-13,26H,10,14H2,(H,27,28). The van der Waals surface area contributed by atoms with Crippen LogP contribution in [0.1, 0.15) is 27.0 Å². The number of halogens is 1. The summed E-state index contributed by atoms with van der Waals surface area (Å²) in [7, 11) is 0. The van der Waals surface area contributed by atoms with E-state index >= 15 is 0 Å². The summed E-state index contributed by atoms with van der Waals surface area (Å²) in [6.07, 6.45) is 2.54. The molecule has 140 valence electrons. The Morgan fingerprint density at radius 2 is 1.82 bits per heavy atom. The van der Waals surface area contributed by atoms with Crippen molar-refractivity contribution in [2.24, 2.45) is 0 Å². The predicted molar refractivity (Wildman–Crippen MR) is 110 cm³/mol. The van der Waals surface area contributed by atoms with Crippen molar-refractivity contribution in [2.45, 2.75) is 13.0 Å². The lowest BCUT2D eigenvalue weighted by Crippen LogP contribution is -2.03. The minimum absolute atomic E-state index is 0.231. The Morgan fingerprint density at radius 1 is 0.964 bits per heavy atom. The van der Waals surface area contributed by atoms with Crippen molar-refractivity contribution >= 4 is 28.5 Å². The summed E-state index contributed by atoms with van der Waals surface area (Å²) in [5, 5.41) is 20.6. The number of fused-ring (bicyclic) bond motifs is 1. The molecule has 1 heterocycles. The van der Waals surface area contributed by atoms with Crippen molar-refractivity contribution in [3.8, 4) is 5.75 Å². The van der Waals surface area contributed by atoms with Crippen LogP contribution in [-0.4, -0.2) is 20.7 Å². The molecule has 5 heteroatoms. The third-order valence-corrected chi connectivity index (χ3v) is 5.03. The second-order valence-corrected chi connectivity index (χ2v) is 7.23. The van der Waals surface area contributed by atoms with Gasteiger partial charge >= 0.3 is 5.97 Å². The molecule has 4 aromatic rings. The molecule has 0 atom stereocenters. The molecule has 0 saturated heterocycles. The quantitative estimate of drug-likeness (QED) is 0.482. The molecule has 0 radical (unpaired) electrons. The average molecular weight is 392 g/mol. The molecule has 0 aliphatic heterocycles. The fourth-order valence-corrected chi connectivity index (χ4v) is 3.64. The van der Waals surface area contributed by atoms with E-state index < -0.39 is 5.97 Å². The second kappa shape index (κ2) is 7.41. The Bertz CT molecular complexity index is 1180. The fourth-order valence-electron chi connectivity index (χ4n) is 3.47. The molecule has 0 aliphatic carbocycles. The fraction of sp³-hybridized carbons (Fsp3) is 0.0870. The van der Waals surface area contributed by atoms with Gasteiger partial charge in [-0.3, -0.25) is 0 Å². The van der Waals surface area contributed by atoms with Gasteiger partial charge in [0.1, 0.15) is 5.75 Å². The van der Waals surface area contributed by atoms with Crippen molar-refractivity contribution in [3.05, 3.63) is 100 Å². The van der Waals surface area contributed by atoms with Gasteiger partial charge < -0.3 is 14.8 Å². The topological polar surface area (TPSA) is 62.5 Å². The maximum Gasteiger partial charge on any atom is 0.336 e. The van der Waals surface area contributed by atoms with E-state index in [0.717, 1.165) is 27.6 Å². The van der Waals surface area contributed by atoms with Gasteiger partial charge in [0.2, 0.25) is 0 Å². The summed E-state index contributed by atoms with van der Waals surface area (Å²) in [5.74, 6) is -0.718. The molecular weight excluding hydrogens is 374 g/mol. The highest BCUT2D eigenvalue weighted by Crippen LogP contribution is 2.24. The highest BCUT2D eigenvalue weighted by Gasteiger charge is 2.12. The van der Waals surface area contributed by atoms with Crippen LogP contribution in [0, 0.1) is 0 Å². The first-order chi connectivity index (χ1) is 13.5. The first-order valence-electron chi connectivity index (χ1n) is 8.87. The van der Waals surface area contributed by atoms with Gasteiger partial charge in [0.15, 0.2) is 0 Å². The van der Waals surface area contributed by atoms with E-state index in [2.05, 4.69) is 10.6 Å². The van der Waals surface area contributed by atoms with E-state index in [1.54, 1.807) is 24.3 Å². The number of hydrogen-bond donors (Lipinski definition) is 2. The van der Waals surface area contributed by atoms with Gasteiger partial charge in [0.05, 0.1) is 5.56 Å². The van der Waals surface area contributed by atoms with Crippen LogP contribution in [0.25, 0.3) is 10.9 Å². The largest absolute Gasteiger partial charge is 0.508 e. The number of aromatic hydroxyl groups is 1. The first kappa shape index (κ1) is 18.1. The number of phenolic OH excluding ortho intramolecular Hbond substituents is 1. The van der Waals surface area contributed by atoms with Crippen LogP contribution in [0.15, 0.2) is 72.9 Å². The molecule has 2 N–H and O–H groups in total. The Hall–Kier alpha value is -3.24. The number of carboxylic acid groups (broad SMARTS) is 1. The van der Waals surface area contributed by atoms with E-state index in [4.69, 9.17) is 11.6 Å². The third-order valence-electron chi connectivity index (χ3n) is 4.80. The van der Waals surface area contributed by atoms with E-state index in [1.165, 1.54) is 6.07 Å². The highest BCUT2D eigenvalue weighted by atomic mass is 35.5. The van der Waals surface area contributed by atoms with Gasteiger partial charge in [-0.25, -0.2) is 4.79 Å². The Labute approximate surface area is 167 Å². The van der Waals surface area contributed by atoms with Crippen LogP contribution in [0.2, 0.25) is 5.02 Å². The molecule has 0 unspecified atom stereocenters. The van der Waals surface area contributed by atoms with Crippen LogP contribution < -0.4 is 0 Å². The number of carboxylic acids is 1. The Balaban J connectivity index is 1.62. The van der Waals surface area contributed by atoms with E-state index in [0.29, 0.717) is 18.0 Å². The molecule has 0 saturated carbocycles. The monoisotopic (exact) mass is 391 g/mol. The lowest BCUT2D eigenvalue weighted by Gasteiger charge is -2.09. The SMILES string of the molecule is O=C(O)c1cc(Cl)ccc1Cc1ccc2c(ccn2Cc2cccc(O)c2)c1. The molecular formula is C23H18ClNO3. The van der Waals surface area contributed by atoms with Gasteiger partial charge in [0.25, 0.3) is 0 Å². The minimum atomic E-state index is -0.976. The van der Waals surface area contributed by atoms with Gasteiger partial charge in [-0.05, 0) is 71.0 Å². The molecule has 28 heavy (non-hydrogen) atoms. The summed E-state index contributed by atoms with van der Waals surface area (Å²) in [4.78, 5) is 11.5. The molecule has 0 spiro atoms. The van der Waals surface area contributed by atoms with Crippen LogP contribution in [0.3, 0.4) is 0 Å². The van der Waals surface area contributed by atoms with Crippen molar-refractivity contribution in [3.63, 3.8) is 0 Å². The number of aromatic nitrogens is 1. The zero-order valence-corrected chi connectivity index (χ0v) is 15.7. The molecule has 4 rings (SSSR count). The number of nitrogens with zero attached hydrogens (tertiary/aromatic N) is 1. The van der Waals surface area contributed by atoms with Crippen molar-refractivity contribution in [1.82, 2.24) is 4.57 Å². The molecule has 0 bridgehead atoms. The first-order valence-corrected chi connectivity index (χ1v) is 9.25. The highest BCUT2D eigenvalue weighted by molar-refractivity contribution is 6.31. The maximum atomic E-state index is 11.5. The second-order valence-electron chi connectivity index (χ2n) is 6.79. The normalized spacial score (nSPS) is 11.0. The van der Waals surface area contributed by atoms with E-state index in [9.17, 15) is 15.0 Å². The molecule has 0 fully saturated rings. The zero-order chi connectivity index (χ0) is 19.7. The molecule has 0 amide bonds. The number of hydrogen-bond acceptors (Lipinski definition) is 2. The summed E-state index contributed by atoms with van der Waals surface area (Å²) in [6.45, 7) is 0.664. The summed E-state index contributed by atoms with van der Waals surface area (Å²) in [6, 6.07) is 20.4. The van der Waals surface area contributed by atoms with Crippen LogP contribution >= 0.6 is 11.6 Å². The maximum absolute atomic E-state index is 11.5. The van der Waals surface area contributed by atoms with Crippen molar-refractivity contribution < 1.29 is 15.0 Å². The number of phenols is 1. The van der Waals surface area contributed by atoms with E-state index in [1.807, 2.05) is 36.5 Å². The smallest absolute Gasteiger partial charge is 0.336 e. The summed E-state index contributed by atoms with van der Waals surface area (Å²) < 4.78 is 2.12. The summed E-state index contributed by atoms with van der Waals surface area (Å²) in [5.41, 5.74) is 4.10. The average Bonchev–Trinajstić information content (AvgIpc) is 3.05. The Morgan fingerprint density at radius 3 is 2.61 bits per heavy atom. The number of rotatable bonds is 5. The van der Waals surface area contributed by atoms with Crippen molar-refractivity contribution in [1.29, 1.82) is 0 Å². The van der Waals surface area contributed by atoms with Crippen LogP contribution in [0.5, 0.6) is 5.75 Å². The molecule has 3 aromatic carbocycles. The number of aromatic carboxylic acids is 1. The van der Waals surface area contributed by atoms with Gasteiger partial charge in [-0.2, -0.15) is 0 Å². The molecule has 4 nitrogen and oxygen atoms in total. The van der Waals surface area contributed by atoms with Gasteiger partial charge in [0, 0.05) is 23.3 Å². The molecule has 0 aliphatic rings. The number of carbonyl (C=O) groups is 1. The number of benzene rings is 3. The van der Waals surface area contributed by atoms with Crippen molar-refractivity contribution in [2.75, 3.05) is 0 Å². The zero-order valence-electron chi connectivity index (χ0n) is 15.0. The Kier molecular flexibility index (Phi) is 4.80. The minimum Gasteiger partial charge on any atom is -0.508 e. The lowest BCUT2D eigenvalue weighted by atomic mass is 9.99. The van der Waals surface area contributed by atoms with Crippen LogP contribution in [0.4, 0.5) is 0 Å². The van der Waals surface area contributed by atoms with Crippen LogP contribution in [-0.2, 0) is 13.0 Å². The lowest BCUT2D eigenvalue weighted by molar-refractivity contribution is 0.0696. The molecule has 1 aromatic heterocycles. The predicted octanol–water partition coefficient (Wildman–Crippen LogP) is 5.34. The van der Waals surface area contributed by atoms with Gasteiger partial charge in [-0.1, -0.05) is 35.9 Å².